The van der Waals surface area contributed by atoms with E-state index in [-0.39, 0.29) is 0 Å². The molecule has 0 saturated carbocycles. The quantitative estimate of drug-likeness (QED) is 0.480. The Labute approximate surface area is 63.5 Å². The summed E-state index contributed by atoms with van der Waals surface area (Å²) in [5.74, 6) is 0. The second-order valence-electron chi connectivity index (χ2n) is 3.53. The van der Waals surface area contributed by atoms with E-state index in [1.54, 1.807) is 0 Å². The molecule has 0 aliphatic carbocycles. The molecule has 0 aromatic rings. The first kappa shape index (κ1) is 10.1. The van der Waals surface area contributed by atoms with Gasteiger partial charge >= 0.3 is 0 Å². The normalized spacial score (nSPS) is 13.6. The summed E-state index contributed by atoms with van der Waals surface area (Å²) in [6.45, 7) is 6.16. The molecule has 62 valence electrons. The lowest BCUT2D eigenvalue weighted by Crippen LogP contribution is -2.29. The smallest absolute Gasteiger partial charge is 0.264 e. The molecule has 0 aromatic carbocycles. The minimum Gasteiger partial charge on any atom is -0.274 e. The molecule has 0 amide bonds. The summed E-state index contributed by atoms with van der Waals surface area (Å²) in [6, 6.07) is 0. The van der Waals surface area contributed by atoms with Crippen LogP contribution < -0.4 is 0 Å². The molecule has 5 heteroatoms. The van der Waals surface area contributed by atoms with E-state index < -0.39 is 18.2 Å². The number of hydrogen-bond acceptors (Lipinski definition) is 3. The Balaban J connectivity index is 3.79. The molecule has 0 aliphatic heterocycles. The van der Waals surface area contributed by atoms with Gasteiger partial charge in [0.15, 0.2) is 0 Å². The van der Waals surface area contributed by atoms with Gasteiger partial charge in [-0.2, -0.15) is 8.42 Å². The van der Waals surface area contributed by atoms with Gasteiger partial charge < -0.3 is 0 Å². The molecule has 0 rings (SSSR count). The standard InChI is InChI=1S/C5H14O3SSi/c1-9(6,7)8-5-10(2,3)4/h5H2,1-4H3. The minimum absolute atomic E-state index is 0.381. The van der Waals surface area contributed by atoms with Gasteiger partial charge in [0.25, 0.3) is 10.1 Å². The highest BCUT2D eigenvalue weighted by atomic mass is 32.2. The highest BCUT2D eigenvalue weighted by molar-refractivity contribution is 7.86. The Kier molecular flexibility index (Phi) is 3.06. The van der Waals surface area contributed by atoms with Gasteiger partial charge in [-0.25, -0.2) is 0 Å². The molecule has 0 heterocycles. The van der Waals surface area contributed by atoms with Crippen LogP contribution in [-0.4, -0.2) is 29.0 Å². The van der Waals surface area contributed by atoms with Crippen LogP contribution in [0.1, 0.15) is 0 Å². The summed E-state index contributed by atoms with van der Waals surface area (Å²) in [5.41, 5.74) is 0. The largest absolute Gasteiger partial charge is 0.274 e. The van der Waals surface area contributed by atoms with Crippen molar-refractivity contribution in [3.05, 3.63) is 0 Å². The van der Waals surface area contributed by atoms with Crippen molar-refractivity contribution < 1.29 is 12.6 Å². The van der Waals surface area contributed by atoms with Crippen LogP contribution in [0, 0.1) is 0 Å². The maximum Gasteiger partial charge on any atom is 0.264 e. The van der Waals surface area contributed by atoms with Crippen molar-refractivity contribution in [2.24, 2.45) is 0 Å². The SMILES string of the molecule is C[Si](C)(C)COS(C)(=O)=O. The zero-order valence-corrected chi connectivity index (χ0v) is 8.66. The molecular formula is C5H14O3SSi. The summed E-state index contributed by atoms with van der Waals surface area (Å²) in [7, 11) is -4.59. The molecule has 0 atom stereocenters. The lowest BCUT2D eigenvalue weighted by molar-refractivity contribution is 0.374. The molecule has 0 bridgehead atoms. The summed E-state index contributed by atoms with van der Waals surface area (Å²) >= 11 is 0. The first-order chi connectivity index (χ1) is 4.21. The van der Waals surface area contributed by atoms with Crippen LogP contribution in [0.25, 0.3) is 0 Å². The Morgan fingerprint density at radius 2 is 1.70 bits per heavy atom. The summed E-state index contributed by atoms with van der Waals surface area (Å²) in [5, 5.41) is 0. The third kappa shape index (κ3) is 8.13. The molecule has 0 fully saturated rings. The highest BCUT2D eigenvalue weighted by Crippen LogP contribution is 2.02. The number of rotatable bonds is 3. The van der Waals surface area contributed by atoms with Gasteiger partial charge in [-0.15, -0.1) is 0 Å². The van der Waals surface area contributed by atoms with E-state index in [1.807, 2.05) is 0 Å². The van der Waals surface area contributed by atoms with Crippen molar-refractivity contribution in [2.75, 3.05) is 12.5 Å². The van der Waals surface area contributed by atoms with Crippen molar-refractivity contribution in [1.82, 2.24) is 0 Å². The van der Waals surface area contributed by atoms with E-state index in [4.69, 9.17) is 0 Å². The first-order valence-electron chi connectivity index (χ1n) is 3.05. The lowest BCUT2D eigenvalue weighted by Gasteiger charge is -2.13. The number of hydrogen-bond donors (Lipinski definition) is 0. The van der Waals surface area contributed by atoms with Crippen molar-refractivity contribution in [3.63, 3.8) is 0 Å². The Morgan fingerprint density at radius 3 is 1.80 bits per heavy atom. The molecule has 0 saturated heterocycles. The van der Waals surface area contributed by atoms with E-state index in [0.717, 1.165) is 6.26 Å². The maximum atomic E-state index is 10.5. The van der Waals surface area contributed by atoms with Crippen LogP contribution in [0.5, 0.6) is 0 Å². The predicted octanol–water partition coefficient (Wildman–Crippen LogP) is 0.840. The summed E-state index contributed by atoms with van der Waals surface area (Å²) in [4.78, 5) is 0. The van der Waals surface area contributed by atoms with Crippen molar-refractivity contribution >= 4 is 18.2 Å². The average molecular weight is 182 g/mol. The predicted molar refractivity (Wildman–Crippen MR) is 44.1 cm³/mol. The average Bonchev–Trinajstić information content (AvgIpc) is 1.57. The molecule has 0 N–H and O–H groups in total. The van der Waals surface area contributed by atoms with Gasteiger partial charge in [0.2, 0.25) is 0 Å². The van der Waals surface area contributed by atoms with Crippen molar-refractivity contribution in [2.45, 2.75) is 19.6 Å². The zero-order chi connectivity index (χ0) is 8.41. The third-order valence-electron chi connectivity index (χ3n) is 0.706. The van der Waals surface area contributed by atoms with E-state index in [2.05, 4.69) is 23.8 Å². The van der Waals surface area contributed by atoms with Gasteiger partial charge in [0, 0.05) is 0 Å². The Hall–Kier alpha value is 0.127. The molecule has 0 aliphatic rings. The monoisotopic (exact) mass is 182 g/mol. The molecule has 0 radical (unpaired) electrons. The molecule has 3 nitrogen and oxygen atoms in total. The fraction of sp³-hybridized carbons (Fsp3) is 1.00. The van der Waals surface area contributed by atoms with E-state index in [1.165, 1.54) is 0 Å². The fourth-order valence-electron chi connectivity index (χ4n) is 0.284. The van der Waals surface area contributed by atoms with E-state index >= 15 is 0 Å². The van der Waals surface area contributed by atoms with Gasteiger partial charge in [-0.1, -0.05) is 19.6 Å². The minimum atomic E-state index is -3.22. The topological polar surface area (TPSA) is 43.4 Å². The molecule has 0 unspecified atom stereocenters. The summed E-state index contributed by atoms with van der Waals surface area (Å²) < 4.78 is 25.6. The van der Waals surface area contributed by atoms with Gasteiger partial charge in [-0.05, 0) is 0 Å². The molecule has 0 aromatic heterocycles. The second-order valence-corrected chi connectivity index (χ2v) is 10.6. The van der Waals surface area contributed by atoms with Gasteiger partial charge in [0.1, 0.15) is 0 Å². The summed E-state index contributed by atoms with van der Waals surface area (Å²) in [6.07, 6.45) is 1.46. The fourth-order valence-corrected chi connectivity index (χ4v) is 2.55. The van der Waals surface area contributed by atoms with Gasteiger partial charge in [-0.3, -0.25) is 4.18 Å². The zero-order valence-electron chi connectivity index (χ0n) is 6.84. The maximum absolute atomic E-state index is 10.5. The van der Waals surface area contributed by atoms with E-state index in [0.29, 0.717) is 6.23 Å². The van der Waals surface area contributed by atoms with Crippen LogP contribution >= 0.6 is 0 Å². The third-order valence-corrected chi connectivity index (χ3v) is 2.47. The molecular weight excluding hydrogens is 168 g/mol. The lowest BCUT2D eigenvalue weighted by atomic mass is 11.7. The van der Waals surface area contributed by atoms with Crippen LogP contribution in [0.15, 0.2) is 0 Å². The van der Waals surface area contributed by atoms with Crippen LogP contribution in [0.2, 0.25) is 19.6 Å². The van der Waals surface area contributed by atoms with Crippen LogP contribution in [0.4, 0.5) is 0 Å². The van der Waals surface area contributed by atoms with E-state index in [9.17, 15) is 8.42 Å². The molecule has 10 heavy (non-hydrogen) atoms. The first-order valence-corrected chi connectivity index (χ1v) is 8.57. The van der Waals surface area contributed by atoms with Crippen molar-refractivity contribution in [1.29, 1.82) is 0 Å². The van der Waals surface area contributed by atoms with Crippen LogP contribution in [0.3, 0.4) is 0 Å². The van der Waals surface area contributed by atoms with Crippen LogP contribution in [-0.2, 0) is 14.3 Å². The Morgan fingerprint density at radius 1 is 1.30 bits per heavy atom. The highest BCUT2D eigenvalue weighted by Gasteiger charge is 2.16. The Bertz CT molecular complexity index is 189. The van der Waals surface area contributed by atoms with Crippen molar-refractivity contribution in [3.8, 4) is 0 Å². The second kappa shape index (κ2) is 3.02. The van der Waals surface area contributed by atoms with Gasteiger partial charge in [0.05, 0.1) is 20.6 Å². The molecule has 0 spiro atoms.